The van der Waals surface area contributed by atoms with Crippen molar-refractivity contribution in [2.75, 3.05) is 45.3 Å². The Kier molecular flexibility index (Phi) is 8.89. The van der Waals surface area contributed by atoms with Crippen LogP contribution in [0.3, 0.4) is 0 Å². The van der Waals surface area contributed by atoms with Gasteiger partial charge in [0.15, 0.2) is 16.6 Å². The molecule has 0 unspecified atom stereocenters. The molecule has 0 radical (unpaired) electrons. The number of hydrogen-bond donors (Lipinski definition) is 0. The van der Waals surface area contributed by atoms with E-state index in [-0.39, 0.29) is 18.3 Å². The summed E-state index contributed by atoms with van der Waals surface area (Å²) in [5.41, 5.74) is 1.45. The van der Waals surface area contributed by atoms with Gasteiger partial charge < -0.3 is 14.4 Å². The number of carbonyl (C=O) groups is 1. The van der Waals surface area contributed by atoms with Gasteiger partial charge in [-0.15, -0.1) is 12.4 Å². The minimum Gasteiger partial charge on any atom is -0.493 e. The smallest absolute Gasteiger partial charge is 0.260 e. The minimum atomic E-state index is -0.0998. The number of nitrogens with zero attached hydrogens (tertiary/aromatic N) is 3. The highest BCUT2D eigenvalue weighted by Crippen LogP contribution is 2.32. The van der Waals surface area contributed by atoms with Gasteiger partial charge in [-0.05, 0) is 43.4 Å². The molecule has 3 rings (SSSR count). The Balaban J connectivity index is 0.00000320. The number of benzene rings is 2. The average Bonchev–Trinajstić information content (AvgIpc) is 3.19. The summed E-state index contributed by atoms with van der Waals surface area (Å²) in [6.45, 7) is 7.48. The molecule has 162 valence electrons. The number of ether oxygens (including phenoxy) is 2. The van der Waals surface area contributed by atoms with Gasteiger partial charge in [-0.25, -0.2) is 4.98 Å². The lowest BCUT2D eigenvalue weighted by atomic mass is 10.1. The lowest BCUT2D eigenvalue weighted by Gasteiger charge is -2.25. The lowest BCUT2D eigenvalue weighted by molar-refractivity contribution is 0.0983. The van der Waals surface area contributed by atoms with E-state index in [1.165, 1.54) is 11.3 Å². The molecule has 3 aromatic rings. The van der Waals surface area contributed by atoms with Gasteiger partial charge in [-0.2, -0.15) is 0 Å². The Morgan fingerprint density at radius 1 is 1.00 bits per heavy atom. The van der Waals surface area contributed by atoms with Crippen LogP contribution >= 0.6 is 23.7 Å². The van der Waals surface area contributed by atoms with Crippen molar-refractivity contribution in [3.63, 3.8) is 0 Å². The third kappa shape index (κ3) is 5.22. The first-order valence-electron chi connectivity index (χ1n) is 9.73. The summed E-state index contributed by atoms with van der Waals surface area (Å²) in [5, 5.41) is 0.707. The predicted octanol–water partition coefficient (Wildman–Crippen LogP) is 4.72. The number of aromatic nitrogens is 1. The molecule has 1 aromatic heterocycles. The number of carbonyl (C=O) groups excluding carboxylic acids is 1. The summed E-state index contributed by atoms with van der Waals surface area (Å²) in [6.07, 6.45) is 0. The molecule has 30 heavy (non-hydrogen) atoms. The van der Waals surface area contributed by atoms with E-state index in [0.717, 1.165) is 29.9 Å². The molecule has 0 spiro atoms. The van der Waals surface area contributed by atoms with Crippen LogP contribution in [0.4, 0.5) is 5.13 Å². The van der Waals surface area contributed by atoms with E-state index in [2.05, 4.69) is 18.7 Å². The molecule has 0 aliphatic rings. The van der Waals surface area contributed by atoms with E-state index in [1.807, 2.05) is 24.3 Å². The van der Waals surface area contributed by atoms with Crippen LogP contribution in [0.1, 0.15) is 24.2 Å². The molecule has 2 aromatic carbocycles. The lowest BCUT2D eigenvalue weighted by Crippen LogP contribution is -2.38. The van der Waals surface area contributed by atoms with Crippen LogP contribution in [-0.2, 0) is 0 Å². The highest BCUT2D eigenvalue weighted by atomic mass is 35.5. The first-order valence-corrected chi connectivity index (χ1v) is 10.5. The highest BCUT2D eigenvalue weighted by Gasteiger charge is 2.23. The summed E-state index contributed by atoms with van der Waals surface area (Å²) in [5.74, 6) is 1.03. The molecule has 0 aliphatic carbocycles. The summed E-state index contributed by atoms with van der Waals surface area (Å²) in [7, 11) is 3.15. The Labute approximate surface area is 187 Å². The Bertz CT molecular complexity index is 942. The molecule has 0 bridgehead atoms. The van der Waals surface area contributed by atoms with Crippen molar-refractivity contribution in [3.8, 4) is 11.5 Å². The van der Waals surface area contributed by atoms with Crippen molar-refractivity contribution in [1.29, 1.82) is 0 Å². The molecule has 0 atom stereocenters. The van der Waals surface area contributed by atoms with Crippen LogP contribution in [0.2, 0.25) is 0 Å². The van der Waals surface area contributed by atoms with Gasteiger partial charge in [0.25, 0.3) is 5.91 Å². The number of methoxy groups -OCH3 is 2. The SMILES string of the molecule is CCN(CC)CCN(C(=O)c1ccc(OC)c(OC)c1)c1nc2ccccc2s1.Cl. The first kappa shape index (κ1) is 23.9. The van der Waals surface area contributed by atoms with Crippen molar-refractivity contribution < 1.29 is 14.3 Å². The molecule has 0 fully saturated rings. The van der Waals surface area contributed by atoms with Crippen LogP contribution in [0, 0.1) is 0 Å². The number of amides is 1. The average molecular weight is 450 g/mol. The fourth-order valence-corrected chi connectivity index (χ4v) is 4.16. The van der Waals surface area contributed by atoms with E-state index < -0.39 is 0 Å². The summed E-state index contributed by atoms with van der Waals surface area (Å²) < 4.78 is 11.7. The molecule has 6 nitrogen and oxygen atoms in total. The quantitative estimate of drug-likeness (QED) is 0.473. The summed E-state index contributed by atoms with van der Waals surface area (Å²) >= 11 is 1.53. The normalized spacial score (nSPS) is 10.7. The van der Waals surface area contributed by atoms with Gasteiger partial charge in [0.2, 0.25) is 0 Å². The number of halogens is 1. The van der Waals surface area contributed by atoms with Crippen molar-refractivity contribution >= 4 is 45.0 Å². The molecule has 8 heteroatoms. The monoisotopic (exact) mass is 449 g/mol. The number of fused-ring (bicyclic) bond motifs is 1. The van der Waals surface area contributed by atoms with E-state index in [9.17, 15) is 4.79 Å². The maximum atomic E-state index is 13.5. The fourth-order valence-electron chi connectivity index (χ4n) is 3.17. The summed E-state index contributed by atoms with van der Waals surface area (Å²) in [4.78, 5) is 22.2. The van der Waals surface area contributed by atoms with Gasteiger partial charge in [-0.3, -0.25) is 9.69 Å². The van der Waals surface area contributed by atoms with Crippen LogP contribution in [0.5, 0.6) is 11.5 Å². The van der Waals surface area contributed by atoms with E-state index in [0.29, 0.717) is 28.7 Å². The Morgan fingerprint density at radius 3 is 2.33 bits per heavy atom. The third-order valence-electron chi connectivity index (χ3n) is 4.92. The van der Waals surface area contributed by atoms with Crippen molar-refractivity contribution in [1.82, 2.24) is 9.88 Å². The van der Waals surface area contributed by atoms with Gasteiger partial charge in [0.05, 0.1) is 24.4 Å². The van der Waals surface area contributed by atoms with E-state index in [1.54, 1.807) is 37.3 Å². The number of anilines is 1. The number of hydrogen-bond acceptors (Lipinski definition) is 6. The number of thiazole rings is 1. The number of rotatable bonds is 9. The number of likely N-dealkylation sites (N-methyl/N-ethyl adjacent to an activating group) is 1. The maximum Gasteiger partial charge on any atom is 0.260 e. The van der Waals surface area contributed by atoms with Gasteiger partial charge in [-0.1, -0.05) is 37.3 Å². The first-order chi connectivity index (χ1) is 14.1. The molecule has 0 saturated heterocycles. The molecular formula is C22H28ClN3O3S. The molecule has 1 heterocycles. The predicted molar refractivity (Wildman–Crippen MR) is 126 cm³/mol. The second kappa shape index (κ2) is 11.2. The Hall–Kier alpha value is -2.35. The van der Waals surface area contributed by atoms with Crippen LogP contribution in [0.25, 0.3) is 10.2 Å². The molecule has 0 N–H and O–H groups in total. The summed E-state index contributed by atoms with van der Waals surface area (Å²) in [6, 6.07) is 13.2. The second-order valence-electron chi connectivity index (χ2n) is 6.52. The van der Waals surface area contributed by atoms with Crippen LogP contribution in [-0.4, -0.2) is 56.2 Å². The van der Waals surface area contributed by atoms with Crippen molar-refractivity contribution in [2.45, 2.75) is 13.8 Å². The highest BCUT2D eigenvalue weighted by molar-refractivity contribution is 7.22. The standard InChI is InChI=1S/C22H27N3O3S.ClH/c1-5-24(6-2)13-14-25(22-23-17-9-7-8-10-20(17)29-22)21(26)16-11-12-18(27-3)19(15-16)28-4;/h7-12,15H,5-6,13-14H2,1-4H3;1H. The van der Waals surface area contributed by atoms with Gasteiger partial charge >= 0.3 is 0 Å². The van der Waals surface area contributed by atoms with Crippen molar-refractivity contribution in [2.24, 2.45) is 0 Å². The maximum absolute atomic E-state index is 13.5. The largest absolute Gasteiger partial charge is 0.493 e. The second-order valence-corrected chi connectivity index (χ2v) is 7.53. The van der Waals surface area contributed by atoms with Gasteiger partial charge in [0, 0.05) is 18.7 Å². The third-order valence-corrected chi connectivity index (χ3v) is 5.98. The molecule has 1 amide bonds. The molecule has 0 aliphatic heterocycles. The van der Waals surface area contributed by atoms with Crippen molar-refractivity contribution in [3.05, 3.63) is 48.0 Å². The van der Waals surface area contributed by atoms with E-state index in [4.69, 9.17) is 14.5 Å². The Morgan fingerprint density at radius 2 is 1.70 bits per heavy atom. The zero-order chi connectivity index (χ0) is 20.8. The topological polar surface area (TPSA) is 54.9 Å². The van der Waals surface area contributed by atoms with Crippen LogP contribution < -0.4 is 14.4 Å². The zero-order valence-corrected chi connectivity index (χ0v) is 19.4. The molecular weight excluding hydrogens is 422 g/mol. The van der Waals surface area contributed by atoms with Gasteiger partial charge in [0.1, 0.15) is 0 Å². The number of para-hydroxylation sites is 1. The van der Waals surface area contributed by atoms with E-state index >= 15 is 0 Å². The minimum absolute atomic E-state index is 0. The molecule has 0 saturated carbocycles. The fraction of sp³-hybridized carbons (Fsp3) is 0.364. The van der Waals surface area contributed by atoms with Crippen LogP contribution in [0.15, 0.2) is 42.5 Å². The zero-order valence-electron chi connectivity index (χ0n) is 17.8.